The third-order valence-corrected chi connectivity index (χ3v) is 8.26. The molecule has 7 nitrogen and oxygen atoms in total. The first kappa shape index (κ1) is 24.6. The van der Waals surface area contributed by atoms with Crippen molar-refractivity contribution in [1.29, 1.82) is 0 Å². The van der Waals surface area contributed by atoms with Crippen LogP contribution in [-0.4, -0.2) is 51.0 Å². The van der Waals surface area contributed by atoms with Crippen molar-refractivity contribution >= 4 is 22.6 Å². The first-order chi connectivity index (χ1) is 17.6. The molecule has 2 fully saturated rings. The molecular weight excluding hydrogens is 450 g/mol. The van der Waals surface area contributed by atoms with Crippen LogP contribution < -0.4 is 5.32 Å². The van der Waals surface area contributed by atoms with E-state index in [1.165, 1.54) is 6.42 Å². The fourth-order valence-electron chi connectivity index (χ4n) is 6.05. The summed E-state index contributed by atoms with van der Waals surface area (Å²) in [6.45, 7) is 2.63. The van der Waals surface area contributed by atoms with Gasteiger partial charge in [-0.25, -0.2) is 9.67 Å². The molecule has 1 saturated heterocycles. The van der Waals surface area contributed by atoms with Gasteiger partial charge in [0, 0.05) is 30.5 Å². The average molecular weight is 488 g/mol. The molecule has 1 aliphatic heterocycles. The van der Waals surface area contributed by atoms with Gasteiger partial charge in [0.1, 0.15) is 5.78 Å². The van der Waals surface area contributed by atoms with E-state index in [9.17, 15) is 9.59 Å². The first-order valence-electron chi connectivity index (χ1n) is 13.5. The minimum absolute atomic E-state index is 0.00370. The predicted octanol–water partition coefficient (Wildman–Crippen LogP) is 4.85. The molecule has 7 heteroatoms. The standard InChI is InChI=1S/C29H37N5O2/c1-20(30-2)27(35)18-24(21-9-4-3-5-10-21)29(36)33-16-8-13-25(33)22-14-15-31-28(17-22)34-26-12-7-6-11-23(26)19-32-34/h6-7,11-12,14-15,17,19-21,24-25,30H,3-5,8-10,13,16,18H2,1-2H3. The third-order valence-electron chi connectivity index (χ3n) is 8.26. The number of likely N-dealkylation sites (tertiary alicyclic amines) is 1. The predicted molar refractivity (Wildman–Crippen MR) is 141 cm³/mol. The highest BCUT2D eigenvalue weighted by Crippen LogP contribution is 2.38. The number of nitrogens with one attached hydrogen (secondary N) is 1. The maximum Gasteiger partial charge on any atom is 0.226 e. The minimum atomic E-state index is -0.232. The van der Waals surface area contributed by atoms with Crippen molar-refractivity contribution in [3.63, 3.8) is 0 Å². The number of rotatable bonds is 8. The van der Waals surface area contributed by atoms with Gasteiger partial charge in [-0.2, -0.15) is 5.10 Å². The number of benzene rings is 1. The van der Waals surface area contributed by atoms with Crippen LogP contribution in [0.25, 0.3) is 16.7 Å². The van der Waals surface area contributed by atoms with Crippen molar-refractivity contribution < 1.29 is 9.59 Å². The second-order valence-electron chi connectivity index (χ2n) is 10.4. The second-order valence-corrected chi connectivity index (χ2v) is 10.4. The average Bonchev–Trinajstić information content (AvgIpc) is 3.59. The van der Waals surface area contributed by atoms with E-state index in [-0.39, 0.29) is 29.7 Å². The Morgan fingerprint density at radius 3 is 2.69 bits per heavy atom. The van der Waals surface area contributed by atoms with Crippen molar-refractivity contribution in [2.45, 2.75) is 70.4 Å². The van der Waals surface area contributed by atoms with Crippen LogP contribution in [-0.2, 0) is 9.59 Å². The van der Waals surface area contributed by atoms with Crippen LogP contribution in [0.3, 0.4) is 0 Å². The Morgan fingerprint density at radius 1 is 1.08 bits per heavy atom. The molecule has 5 rings (SSSR count). The number of hydrogen-bond donors (Lipinski definition) is 1. The van der Waals surface area contributed by atoms with E-state index in [1.54, 1.807) is 7.05 Å². The van der Waals surface area contributed by atoms with Gasteiger partial charge in [-0.15, -0.1) is 0 Å². The largest absolute Gasteiger partial charge is 0.335 e. The Kier molecular flexibility index (Phi) is 7.46. The van der Waals surface area contributed by atoms with Crippen molar-refractivity contribution in [1.82, 2.24) is 25.0 Å². The Hall–Kier alpha value is -3.06. The van der Waals surface area contributed by atoms with E-state index in [4.69, 9.17) is 0 Å². The van der Waals surface area contributed by atoms with E-state index in [0.717, 1.165) is 67.4 Å². The Balaban J connectivity index is 1.41. The summed E-state index contributed by atoms with van der Waals surface area (Å²) < 4.78 is 1.86. The summed E-state index contributed by atoms with van der Waals surface area (Å²) in [4.78, 5) is 33.7. The summed E-state index contributed by atoms with van der Waals surface area (Å²) in [7, 11) is 1.81. The lowest BCUT2D eigenvalue weighted by molar-refractivity contribution is -0.141. The lowest BCUT2D eigenvalue weighted by atomic mass is 9.76. The van der Waals surface area contributed by atoms with Crippen molar-refractivity contribution in [2.24, 2.45) is 11.8 Å². The number of nitrogens with zero attached hydrogens (tertiary/aromatic N) is 4. The van der Waals surface area contributed by atoms with E-state index in [1.807, 2.05) is 54.3 Å². The minimum Gasteiger partial charge on any atom is -0.335 e. The Morgan fingerprint density at radius 2 is 1.89 bits per heavy atom. The lowest BCUT2D eigenvalue weighted by Crippen LogP contribution is -2.42. The van der Waals surface area contributed by atoms with Gasteiger partial charge in [0.25, 0.3) is 0 Å². The fourth-order valence-corrected chi connectivity index (χ4v) is 6.05. The number of ketones is 1. The number of aromatic nitrogens is 3. The van der Waals surface area contributed by atoms with E-state index >= 15 is 0 Å². The molecule has 0 bridgehead atoms. The number of Topliss-reactive ketones (excluding diaryl/α,β-unsaturated/α-hetero) is 1. The van der Waals surface area contributed by atoms with Crippen molar-refractivity contribution in [3.05, 3.63) is 54.4 Å². The van der Waals surface area contributed by atoms with Crippen LogP contribution in [0.15, 0.2) is 48.8 Å². The molecule has 1 aromatic carbocycles. The van der Waals surface area contributed by atoms with Crippen LogP contribution in [0.2, 0.25) is 0 Å². The number of carbonyl (C=O) groups is 2. The summed E-state index contributed by atoms with van der Waals surface area (Å²) in [5.74, 6) is 1.11. The molecule has 2 aliphatic rings. The molecule has 1 N–H and O–H groups in total. The van der Waals surface area contributed by atoms with Gasteiger partial charge in [-0.1, -0.05) is 37.5 Å². The zero-order valence-corrected chi connectivity index (χ0v) is 21.4. The second kappa shape index (κ2) is 10.9. The molecule has 2 aromatic heterocycles. The topological polar surface area (TPSA) is 80.1 Å². The normalized spacial score (nSPS) is 20.5. The Bertz CT molecular complexity index is 1220. The van der Waals surface area contributed by atoms with Crippen LogP contribution >= 0.6 is 0 Å². The van der Waals surface area contributed by atoms with Crippen molar-refractivity contribution in [2.75, 3.05) is 13.6 Å². The summed E-state index contributed by atoms with van der Waals surface area (Å²) in [5.41, 5.74) is 2.10. The number of fused-ring (bicyclic) bond motifs is 1. The molecule has 3 atom stereocenters. The van der Waals surface area contributed by atoms with Gasteiger partial charge in [0.15, 0.2) is 5.82 Å². The maximum atomic E-state index is 14.1. The quantitative estimate of drug-likeness (QED) is 0.491. The number of amides is 1. The van der Waals surface area contributed by atoms with Gasteiger partial charge in [0.05, 0.1) is 23.8 Å². The van der Waals surface area contributed by atoms with Gasteiger partial charge in [-0.05, 0) is 69.3 Å². The summed E-state index contributed by atoms with van der Waals surface area (Å²) >= 11 is 0. The zero-order chi connectivity index (χ0) is 25.1. The molecule has 36 heavy (non-hydrogen) atoms. The zero-order valence-electron chi connectivity index (χ0n) is 21.4. The smallest absolute Gasteiger partial charge is 0.226 e. The highest BCUT2D eigenvalue weighted by atomic mass is 16.2. The molecular formula is C29H37N5O2. The number of carbonyl (C=O) groups excluding carboxylic acids is 2. The van der Waals surface area contributed by atoms with Crippen LogP contribution in [0.5, 0.6) is 0 Å². The molecule has 0 radical (unpaired) electrons. The number of likely N-dealkylation sites (N-methyl/N-ethyl adjacent to an activating group) is 1. The molecule has 3 heterocycles. The molecule has 3 aromatic rings. The fraction of sp³-hybridized carbons (Fsp3) is 0.517. The molecule has 0 spiro atoms. The molecule has 1 amide bonds. The number of para-hydroxylation sites is 1. The molecule has 1 aliphatic carbocycles. The van der Waals surface area contributed by atoms with E-state index in [2.05, 4.69) is 26.4 Å². The van der Waals surface area contributed by atoms with Crippen LogP contribution in [0, 0.1) is 11.8 Å². The lowest BCUT2D eigenvalue weighted by Gasteiger charge is -2.35. The third kappa shape index (κ3) is 4.94. The van der Waals surface area contributed by atoms with Gasteiger partial charge < -0.3 is 10.2 Å². The highest BCUT2D eigenvalue weighted by Gasteiger charge is 2.39. The van der Waals surface area contributed by atoms with E-state index < -0.39 is 0 Å². The van der Waals surface area contributed by atoms with Crippen molar-refractivity contribution in [3.8, 4) is 5.82 Å². The van der Waals surface area contributed by atoms with Crippen LogP contribution in [0.4, 0.5) is 0 Å². The maximum absolute atomic E-state index is 14.1. The van der Waals surface area contributed by atoms with Gasteiger partial charge in [0.2, 0.25) is 5.91 Å². The van der Waals surface area contributed by atoms with E-state index in [0.29, 0.717) is 12.3 Å². The summed E-state index contributed by atoms with van der Waals surface area (Å²) in [6, 6.07) is 12.0. The van der Waals surface area contributed by atoms with Gasteiger partial charge >= 0.3 is 0 Å². The molecule has 1 saturated carbocycles. The van der Waals surface area contributed by atoms with Gasteiger partial charge in [-0.3, -0.25) is 9.59 Å². The summed E-state index contributed by atoms with van der Waals surface area (Å²) in [5, 5.41) is 8.69. The SMILES string of the molecule is CNC(C)C(=O)CC(C(=O)N1CCCC1c1ccnc(-n2ncc3ccccc32)c1)C1CCCCC1. The highest BCUT2D eigenvalue weighted by molar-refractivity contribution is 5.90. The monoisotopic (exact) mass is 487 g/mol. The number of pyridine rings is 1. The molecule has 3 unspecified atom stereocenters. The number of hydrogen-bond acceptors (Lipinski definition) is 5. The molecule has 190 valence electrons. The summed E-state index contributed by atoms with van der Waals surface area (Å²) in [6.07, 6.45) is 11.5. The van der Waals surface area contributed by atoms with Crippen LogP contribution in [0.1, 0.15) is 69.9 Å². The first-order valence-corrected chi connectivity index (χ1v) is 13.5. The Labute approximate surface area is 213 Å².